The Morgan fingerprint density at radius 1 is 0.576 bits per heavy atom. The van der Waals surface area contributed by atoms with Crippen molar-refractivity contribution >= 4 is 28.9 Å². The van der Waals surface area contributed by atoms with E-state index in [0.717, 1.165) is 11.1 Å². The Labute approximate surface area is 212 Å². The lowest BCUT2D eigenvalue weighted by Crippen LogP contribution is -2.18. The molecule has 0 aliphatic carbocycles. The zero-order valence-electron chi connectivity index (χ0n) is 22.5. The molecule has 2 aromatic carbocycles. The topological polar surface area (TPSA) is 18.5 Å². The van der Waals surface area contributed by atoms with Crippen molar-refractivity contribution in [3.05, 3.63) is 58.7 Å². The van der Waals surface area contributed by atoms with Crippen molar-refractivity contribution in [3.8, 4) is 11.5 Å². The van der Waals surface area contributed by atoms with Gasteiger partial charge in [0.2, 0.25) is 0 Å². The molecule has 0 bridgehead atoms. The second-order valence-corrected chi connectivity index (χ2v) is 17.6. The summed E-state index contributed by atoms with van der Waals surface area (Å²) in [6, 6.07) is 12.6. The fourth-order valence-electron chi connectivity index (χ4n) is 3.58. The van der Waals surface area contributed by atoms with Gasteiger partial charge in [-0.15, -0.1) is 0 Å². The lowest BCUT2D eigenvalue weighted by Gasteiger charge is -2.30. The average Bonchev–Trinajstić information content (AvgIpc) is 2.57. The third kappa shape index (κ3) is 7.48. The molecular formula is C28H42ClO2PS. The SMILES string of the molecule is CC(C)(C)c1ccc(OP(=S)(Cl)Oc2ccc(C(C)(C)C)cc2C(C)(C)C)c(C(C)(C)C)c1. The molecule has 0 saturated heterocycles. The zero-order valence-corrected chi connectivity index (χ0v) is 25.0. The average molecular weight is 509 g/mol. The van der Waals surface area contributed by atoms with Gasteiger partial charge in [-0.25, -0.2) is 0 Å². The Kier molecular flexibility index (Phi) is 7.88. The smallest absolute Gasteiger partial charge is 0.384 e. The Bertz CT molecular complexity index is 966. The molecule has 0 radical (unpaired) electrons. The van der Waals surface area contributed by atoms with Crippen molar-refractivity contribution in [2.24, 2.45) is 0 Å². The molecule has 0 unspecified atom stereocenters. The summed E-state index contributed by atoms with van der Waals surface area (Å²) < 4.78 is 12.5. The van der Waals surface area contributed by atoms with E-state index in [1.54, 1.807) is 0 Å². The summed E-state index contributed by atoms with van der Waals surface area (Å²) in [6.07, 6.45) is 0. The highest BCUT2D eigenvalue weighted by Crippen LogP contribution is 2.56. The number of rotatable bonds is 4. The first-order valence-electron chi connectivity index (χ1n) is 11.6. The minimum Gasteiger partial charge on any atom is -0.424 e. The van der Waals surface area contributed by atoms with E-state index < -0.39 is 5.84 Å². The molecule has 33 heavy (non-hydrogen) atoms. The van der Waals surface area contributed by atoms with Crippen molar-refractivity contribution in [1.82, 2.24) is 0 Å². The molecule has 184 valence electrons. The highest BCUT2D eigenvalue weighted by molar-refractivity contribution is 8.22. The lowest BCUT2D eigenvalue weighted by atomic mass is 9.80. The number of hydrogen-bond acceptors (Lipinski definition) is 3. The molecule has 0 atom stereocenters. The second kappa shape index (κ2) is 9.21. The van der Waals surface area contributed by atoms with Crippen LogP contribution in [0.3, 0.4) is 0 Å². The summed E-state index contributed by atoms with van der Waals surface area (Å²) in [4.78, 5) is 0. The van der Waals surface area contributed by atoms with Crippen LogP contribution in [0.2, 0.25) is 0 Å². The summed E-state index contributed by atoms with van der Waals surface area (Å²) in [5.41, 5.74) is 4.45. The van der Waals surface area contributed by atoms with E-state index in [2.05, 4.69) is 107 Å². The maximum atomic E-state index is 6.79. The van der Waals surface area contributed by atoms with Gasteiger partial charge in [-0.2, -0.15) is 0 Å². The van der Waals surface area contributed by atoms with Crippen LogP contribution in [0.25, 0.3) is 0 Å². The third-order valence-electron chi connectivity index (χ3n) is 5.72. The van der Waals surface area contributed by atoms with Gasteiger partial charge >= 0.3 is 5.84 Å². The summed E-state index contributed by atoms with van der Waals surface area (Å²) in [7, 11) is 0. The van der Waals surface area contributed by atoms with Crippen LogP contribution >= 0.6 is 17.1 Å². The minimum absolute atomic E-state index is 0.0343. The number of benzene rings is 2. The van der Waals surface area contributed by atoms with E-state index in [9.17, 15) is 0 Å². The van der Waals surface area contributed by atoms with E-state index in [4.69, 9.17) is 32.1 Å². The standard InChI is InChI=1S/C28H42ClO2PS/c1-25(2,3)19-13-15-23(21(17-19)27(7,8)9)30-32(29,33)31-24-16-14-20(26(4,5)6)18-22(24)28(10,11)12/h13-18H,1-12H3. The monoisotopic (exact) mass is 508 g/mol. The van der Waals surface area contributed by atoms with Crippen LogP contribution in [-0.2, 0) is 33.5 Å². The van der Waals surface area contributed by atoms with Gasteiger partial charge in [0.05, 0.1) is 0 Å². The fraction of sp³-hybridized carbons (Fsp3) is 0.571. The van der Waals surface area contributed by atoms with E-state index in [-0.39, 0.29) is 21.7 Å². The van der Waals surface area contributed by atoms with Crippen LogP contribution in [0.15, 0.2) is 36.4 Å². The maximum Gasteiger partial charge on any atom is 0.384 e. The first-order valence-corrected chi connectivity index (χ1v) is 15.1. The van der Waals surface area contributed by atoms with Gasteiger partial charge in [-0.05, 0) is 56.2 Å². The van der Waals surface area contributed by atoms with Crippen LogP contribution in [0.1, 0.15) is 105 Å². The van der Waals surface area contributed by atoms with Gasteiger partial charge in [-0.1, -0.05) is 107 Å². The van der Waals surface area contributed by atoms with Gasteiger partial charge < -0.3 is 9.05 Å². The van der Waals surface area contributed by atoms with Gasteiger partial charge in [0, 0.05) is 22.9 Å². The molecule has 5 heteroatoms. The highest BCUT2D eigenvalue weighted by atomic mass is 35.7. The van der Waals surface area contributed by atoms with Gasteiger partial charge in [0.25, 0.3) is 0 Å². The summed E-state index contributed by atoms with van der Waals surface area (Å²) in [6.45, 7) is 26.3. The highest BCUT2D eigenvalue weighted by Gasteiger charge is 2.30. The molecule has 2 aromatic rings. The largest absolute Gasteiger partial charge is 0.424 e. The van der Waals surface area contributed by atoms with E-state index in [1.807, 2.05) is 12.1 Å². The first kappa shape index (κ1) is 28.2. The molecule has 0 aromatic heterocycles. The molecule has 2 rings (SSSR count). The molecule has 0 fully saturated rings. The third-order valence-corrected chi connectivity index (χ3v) is 7.41. The normalized spacial score (nSPS) is 13.7. The van der Waals surface area contributed by atoms with Crippen molar-refractivity contribution < 1.29 is 9.05 Å². The predicted molar refractivity (Wildman–Crippen MR) is 149 cm³/mol. The molecule has 2 nitrogen and oxygen atoms in total. The quantitative estimate of drug-likeness (QED) is 0.383. The van der Waals surface area contributed by atoms with E-state index in [0.29, 0.717) is 11.5 Å². The first-order chi connectivity index (χ1) is 14.6. The zero-order chi connectivity index (χ0) is 25.6. The molecular weight excluding hydrogens is 467 g/mol. The molecule has 0 aliphatic heterocycles. The Balaban J connectivity index is 2.49. The van der Waals surface area contributed by atoms with Crippen LogP contribution in [-0.4, -0.2) is 0 Å². The maximum absolute atomic E-state index is 6.79. The van der Waals surface area contributed by atoms with Crippen molar-refractivity contribution in [2.45, 2.75) is 105 Å². The van der Waals surface area contributed by atoms with Crippen molar-refractivity contribution in [1.29, 1.82) is 0 Å². The second-order valence-electron chi connectivity index (χ2n) is 13.0. The van der Waals surface area contributed by atoms with Crippen LogP contribution in [0, 0.1) is 0 Å². The predicted octanol–water partition coefficient (Wildman–Crippen LogP) is 9.80. The molecule has 0 aliphatic rings. The minimum atomic E-state index is -3.14. The molecule has 0 saturated carbocycles. The number of halogens is 1. The van der Waals surface area contributed by atoms with Gasteiger partial charge in [0.15, 0.2) is 0 Å². The van der Waals surface area contributed by atoms with Crippen LogP contribution in [0.5, 0.6) is 11.5 Å². The summed E-state index contributed by atoms with van der Waals surface area (Å²) >= 11 is 12.5. The van der Waals surface area contributed by atoms with E-state index in [1.165, 1.54) is 11.1 Å². The summed E-state index contributed by atoms with van der Waals surface area (Å²) in [5, 5.41) is 0. The molecule has 0 amide bonds. The lowest BCUT2D eigenvalue weighted by molar-refractivity contribution is 0.468. The Morgan fingerprint density at radius 3 is 1.12 bits per heavy atom. The Morgan fingerprint density at radius 2 is 0.879 bits per heavy atom. The van der Waals surface area contributed by atoms with Gasteiger partial charge in [0.1, 0.15) is 11.5 Å². The van der Waals surface area contributed by atoms with Crippen LogP contribution in [0.4, 0.5) is 0 Å². The Hall–Kier alpha value is -1.02. The molecule has 0 N–H and O–H groups in total. The van der Waals surface area contributed by atoms with Gasteiger partial charge in [-0.3, -0.25) is 0 Å². The summed E-state index contributed by atoms with van der Waals surface area (Å²) in [5.74, 6) is -1.75. The van der Waals surface area contributed by atoms with Crippen LogP contribution < -0.4 is 9.05 Å². The fourth-order valence-corrected chi connectivity index (χ4v) is 5.33. The van der Waals surface area contributed by atoms with E-state index >= 15 is 0 Å². The molecule has 0 heterocycles. The van der Waals surface area contributed by atoms with Crippen molar-refractivity contribution in [3.63, 3.8) is 0 Å². The molecule has 0 spiro atoms. The number of hydrogen-bond donors (Lipinski definition) is 0. The van der Waals surface area contributed by atoms with Crippen molar-refractivity contribution in [2.75, 3.05) is 0 Å².